The number of rotatable bonds is 1. The van der Waals surface area contributed by atoms with Crippen molar-refractivity contribution >= 4 is 32.0 Å². The predicted molar refractivity (Wildman–Crippen MR) is 34.4 cm³/mol. The van der Waals surface area contributed by atoms with Gasteiger partial charge in [-0.3, -0.25) is 0 Å². The number of carbonyl (C=O) groups is 1. The number of hydrogen-bond donors (Lipinski definition) is 0. The van der Waals surface area contributed by atoms with Crippen LogP contribution in [0.25, 0.3) is 0 Å². The van der Waals surface area contributed by atoms with Gasteiger partial charge in [0.05, 0.1) is 0 Å². The smallest absolute Gasteiger partial charge is 0 e. The molecule has 0 spiro atoms. The van der Waals surface area contributed by atoms with Crippen LogP contribution in [0.3, 0.4) is 0 Å². The molecule has 0 aliphatic carbocycles. The zero-order valence-electron chi connectivity index (χ0n) is 4.26. The maximum Gasteiger partial charge on any atom is 0 e. The zero-order chi connectivity index (χ0) is 5.98. The van der Waals surface area contributed by atoms with Crippen molar-refractivity contribution in [2.24, 2.45) is 0 Å². The van der Waals surface area contributed by atoms with E-state index in [0.29, 0.717) is 0 Å². The van der Waals surface area contributed by atoms with Crippen molar-refractivity contribution in [3.63, 3.8) is 0 Å². The molecule has 52 valence electrons. The summed E-state index contributed by atoms with van der Waals surface area (Å²) in [6.45, 7) is 0. The Morgan fingerprint density at radius 1 is 1.67 bits per heavy atom. The van der Waals surface area contributed by atoms with Crippen LogP contribution in [-0.2, 0) is 22.4 Å². The summed E-state index contributed by atoms with van der Waals surface area (Å²) in [6, 6.07) is 3.65. The topological polar surface area (TPSA) is 17.1 Å². The SMILES string of the molecule is O=C([Se])c1cccs1.[Au]. The second-order valence-corrected chi connectivity index (χ2v) is 2.99. The van der Waals surface area contributed by atoms with Crippen LogP contribution < -0.4 is 0 Å². The fraction of sp³-hybridized carbons (Fsp3) is 0. The Balaban J connectivity index is 0.000000640. The minimum Gasteiger partial charge on any atom is 0 e. The molecule has 0 aliphatic heterocycles. The van der Waals surface area contributed by atoms with E-state index in [9.17, 15) is 4.79 Å². The van der Waals surface area contributed by atoms with Gasteiger partial charge >= 0.3 is 59.2 Å². The summed E-state index contributed by atoms with van der Waals surface area (Å²) in [5.41, 5.74) is 0. The molecule has 1 nitrogen and oxygen atoms in total. The normalized spacial score (nSPS) is 8.00. The van der Waals surface area contributed by atoms with Gasteiger partial charge in [-0.2, -0.15) is 0 Å². The molecule has 1 aromatic rings. The summed E-state index contributed by atoms with van der Waals surface area (Å²) in [7, 11) is 0. The molecule has 1 rings (SSSR count). The second kappa shape index (κ2) is 4.45. The van der Waals surface area contributed by atoms with E-state index in [4.69, 9.17) is 0 Å². The van der Waals surface area contributed by atoms with Crippen molar-refractivity contribution in [1.29, 1.82) is 0 Å². The van der Waals surface area contributed by atoms with Gasteiger partial charge in [0.25, 0.3) is 0 Å². The van der Waals surface area contributed by atoms with Gasteiger partial charge in [-0.15, -0.1) is 0 Å². The van der Waals surface area contributed by atoms with Crippen LogP contribution in [0.15, 0.2) is 17.5 Å². The van der Waals surface area contributed by atoms with Crippen LogP contribution in [0, 0.1) is 0 Å². The largest absolute Gasteiger partial charge is 0 e. The maximum absolute atomic E-state index is 10.5. The second-order valence-electron chi connectivity index (χ2n) is 1.26. The van der Waals surface area contributed by atoms with E-state index in [1.165, 1.54) is 11.3 Å². The van der Waals surface area contributed by atoms with E-state index in [-0.39, 0.29) is 27.1 Å². The van der Waals surface area contributed by atoms with Crippen molar-refractivity contribution in [2.75, 3.05) is 0 Å². The van der Waals surface area contributed by atoms with Crippen LogP contribution in [0.1, 0.15) is 9.67 Å². The molecule has 0 atom stereocenters. The first kappa shape index (κ1) is 9.63. The minimum absolute atomic E-state index is 0. The molecule has 1 aromatic heterocycles. The molecule has 1 heterocycles. The Labute approximate surface area is 81.2 Å². The van der Waals surface area contributed by atoms with Crippen LogP contribution >= 0.6 is 11.3 Å². The van der Waals surface area contributed by atoms with Crippen molar-refractivity contribution in [3.05, 3.63) is 22.4 Å². The summed E-state index contributed by atoms with van der Waals surface area (Å²) in [5.74, 6) is 0. The predicted octanol–water partition coefficient (Wildman–Crippen LogP) is 1.05. The quantitative estimate of drug-likeness (QED) is 0.659. The summed E-state index contributed by atoms with van der Waals surface area (Å²) in [6.07, 6.45) is 0. The molecule has 0 aliphatic rings. The van der Waals surface area contributed by atoms with Crippen molar-refractivity contribution < 1.29 is 27.2 Å². The molecular weight excluding hydrogens is 384 g/mol. The number of hydrogen-bond acceptors (Lipinski definition) is 2. The molecule has 9 heavy (non-hydrogen) atoms. The Morgan fingerprint density at radius 2 is 2.33 bits per heavy atom. The molecule has 0 amide bonds. The van der Waals surface area contributed by atoms with Gasteiger partial charge in [-0.1, -0.05) is 0 Å². The van der Waals surface area contributed by atoms with Gasteiger partial charge in [0, 0.05) is 22.4 Å². The van der Waals surface area contributed by atoms with Crippen LogP contribution in [0.4, 0.5) is 0 Å². The van der Waals surface area contributed by atoms with Gasteiger partial charge < -0.3 is 0 Å². The Bertz CT molecular complexity index is 185. The molecular formula is C5H3AuOSSe. The summed E-state index contributed by atoms with van der Waals surface area (Å²) < 4.78 is 0.0278. The Hall–Kier alpha value is 0.630. The molecule has 0 bridgehead atoms. The Morgan fingerprint density at radius 3 is 2.56 bits per heavy atom. The molecule has 0 fully saturated rings. The average molecular weight is 387 g/mol. The van der Waals surface area contributed by atoms with Crippen molar-refractivity contribution in [3.8, 4) is 0 Å². The zero-order valence-corrected chi connectivity index (χ0v) is 8.95. The summed E-state index contributed by atoms with van der Waals surface area (Å²) in [4.78, 5) is 11.2. The summed E-state index contributed by atoms with van der Waals surface area (Å²) in [5, 5.41) is 1.88. The fourth-order valence-electron chi connectivity index (χ4n) is 0.395. The minimum atomic E-state index is 0. The molecule has 2 radical (unpaired) electrons. The van der Waals surface area contributed by atoms with Crippen LogP contribution in [0.5, 0.6) is 0 Å². The van der Waals surface area contributed by atoms with E-state index in [0.717, 1.165) is 4.88 Å². The van der Waals surface area contributed by atoms with E-state index in [1.807, 2.05) is 11.4 Å². The average Bonchev–Trinajstić information content (AvgIpc) is 2.12. The van der Waals surface area contributed by atoms with E-state index in [1.54, 1.807) is 6.07 Å². The molecule has 4 heteroatoms. The number of carbonyl (C=O) groups excluding carboxylic acids is 1. The third kappa shape index (κ3) is 2.80. The first-order valence-corrected chi connectivity index (χ1v) is 3.79. The van der Waals surface area contributed by atoms with Gasteiger partial charge in [-0.25, -0.2) is 0 Å². The third-order valence-electron chi connectivity index (χ3n) is 0.722. The van der Waals surface area contributed by atoms with Gasteiger partial charge in [0.15, 0.2) is 0 Å². The number of thiophene rings is 1. The first-order valence-electron chi connectivity index (χ1n) is 2.05. The Kier molecular flexibility index (Phi) is 4.76. The van der Waals surface area contributed by atoms with Crippen molar-refractivity contribution in [1.82, 2.24) is 0 Å². The van der Waals surface area contributed by atoms with E-state index in [2.05, 4.69) is 16.0 Å². The maximum atomic E-state index is 10.5. The fourth-order valence-corrected chi connectivity index (χ4v) is 1.40. The first-order chi connectivity index (χ1) is 3.80. The molecule has 0 saturated carbocycles. The molecule has 0 saturated heterocycles. The standard InChI is InChI=1S/C5H3OSSe.Au/c6-5(8)4-2-1-3-7-4;/h1-3H;. The van der Waals surface area contributed by atoms with Crippen LogP contribution in [0.2, 0.25) is 0 Å². The molecule has 0 aromatic carbocycles. The van der Waals surface area contributed by atoms with Gasteiger partial charge in [0.1, 0.15) is 0 Å². The summed E-state index contributed by atoms with van der Waals surface area (Å²) >= 11 is 3.86. The monoisotopic (exact) mass is 388 g/mol. The van der Waals surface area contributed by atoms with Crippen molar-refractivity contribution in [2.45, 2.75) is 0 Å². The van der Waals surface area contributed by atoms with Gasteiger partial charge in [-0.05, 0) is 0 Å². The third-order valence-corrected chi connectivity index (χ3v) is 2.34. The molecule has 0 N–H and O–H groups in total. The van der Waals surface area contributed by atoms with E-state index >= 15 is 0 Å². The van der Waals surface area contributed by atoms with E-state index < -0.39 is 0 Å². The van der Waals surface area contributed by atoms with Gasteiger partial charge in [0.2, 0.25) is 0 Å². The molecule has 0 unspecified atom stereocenters. The van der Waals surface area contributed by atoms with Crippen LogP contribution in [-0.4, -0.2) is 20.7 Å².